The minimum Gasteiger partial charge on any atom is -0.476 e. The summed E-state index contributed by atoms with van der Waals surface area (Å²) in [5.41, 5.74) is -0.728. The largest absolute Gasteiger partial charge is 0.476 e. The van der Waals surface area contributed by atoms with Gasteiger partial charge in [-0.1, -0.05) is 11.3 Å². The van der Waals surface area contributed by atoms with E-state index in [1.165, 1.54) is 26.0 Å². The zero-order valence-corrected chi connectivity index (χ0v) is 10.6. The molecule has 0 atom stereocenters. The van der Waals surface area contributed by atoms with Crippen molar-refractivity contribution in [2.75, 3.05) is 0 Å². The molecule has 1 heterocycles. The predicted octanol–water partition coefficient (Wildman–Crippen LogP) is 2.60. The summed E-state index contributed by atoms with van der Waals surface area (Å²) in [6, 6.07) is 3.65. The smallest absolute Gasteiger partial charge is 0.416 e. The van der Waals surface area contributed by atoms with Gasteiger partial charge in [0.2, 0.25) is 0 Å². The number of aromatic carboxylic acids is 1. The maximum absolute atomic E-state index is 12.8. The van der Waals surface area contributed by atoms with Crippen molar-refractivity contribution in [3.63, 3.8) is 0 Å². The van der Waals surface area contributed by atoms with E-state index in [0.29, 0.717) is 0 Å². The highest BCUT2D eigenvalue weighted by atomic mass is 19.4. The number of hydrogen-bond donors (Lipinski definition) is 1. The molecule has 0 unspecified atom stereocenters. The molecule has 0 radical (unpaired) electrons. The summed E-state index contributed by atoms with van der Waals surface area (Å²) in [7, 11) is 0. The Morgan fingerprint density at radius 1 is 1.30 bits per heavy atom. The fourth-order valence-electron chi connectivity index (χ4n) is 1.82. The van der Waals surface area contributed by atoms with E-state index in [1.54, 1.807) is 0 Å². The van der Waals surface area contributed by atoms with Crippen LogP contribution in [0.1, 0.15) is 27.3 Å². The summed E-state index contributed by atoms with van der Waals surface area (Å²) >= 11 is 0. The van der Waals surface area contributed by atoms with Crippen molar-refractivity contribution in [2.24, 2.45) is 0 Å². The quantitative estimate of drug-likeness (QED) is 0.921. The Bertz CT molecular complexity index is 677. The lowest BCUT2D eigenvalue weighted by molar-refractivity contribution is -0.138. The number of hydrogen-bond acceptors (Lipinski definition) is 3. The van der Waals surface area contributed by atoms with Crippen LogP contribution in [-0.2, 0) is 6.18 Å². The van der Waals surface area contributed by atoms with Gasteiger partial charge in [0, 0.05) is 0 Å². The van der Waals surface area contributed by atoms with Gasteiger partial charge in [0.05, 0.1) is 16.9 Å². The van der Waals surface area contributed by atoms with Crippen molar-refractivity contribution < 1.29 is 23.1 Å². The topological polar surface area (TPSA) is 68.0 Å². The molecular formula is C12H10F3N3O2. The molecule has 0 saturated heterocycles. The average molecular weight is 285 g/mol. The van der Waals surface area contributed by atoms with E-state index in [2.05, 4.69) is 10.3 Å². The first-order valence-electron chi connectivity index (χ1n) is 5.55. The van der Waals surface area contributed by atoms with E-state index in [1.807, 2.05) is 0 Å². The number of rotatable bonds is 2. The highest BCUT2D eigenvalue weighted by molar-refractivity contribution is 5.86. The summed E-state index contributed by atoms with van der Waals surface area (Å²) in [6.07, 6.45) is -4.48. The van der Waals surface area contributed by atoms with Crippen molar-refractivity contribution in [3.8, 4) is 5.69 Å². The summed E-state index contributed by atoms with van der Waals surface area (Å²) in [6.45, 7) is 2.78. The zero-order chi connectivity index (χ0) is 15.1. The molecule has 0 aliphatic carbocycles. The van der Waals surface area contributed by atoms with Gasteiger partial charge in [-0.15, -0.1) is 5.10 Å². The second-order valence-electron chi connectivity index (χ2n) is 4.24. The lowest BCUT2D eigenvalue weighted by Gasteiger charge is -2.12. The van der Waals surface area contributed by atoms with E-state index in [0.717, 1.165) is 10.7 Å². The number of nitrogens with zero attached hydrogens (tertiary/aromatic N) is 3. The first-order valence-corrected chi connectivity index (χ1v) is 5.55. The van der Waals surface area contributed by atoms with E-state index < -0.39 is 17.7 Å². The lowest BCUT2D eigenvalue weighted by Crippen LogP contribution is -2.10. The van der Waals surface area contributed by atoms with Crippen LogP contribution in [-0.4, -0.2) is 26.1 Å². The Morgan fingerprint density at radius 2 is 1.95 bits per heavy atom. The number of carbonyl (C=O) groups is 1. The predicted molar refractivity (Wildman–Crippen MR) is 62.8 cm³/mol. The molecular weight excluding hydrogens is 275 g/mol. The molecule has 0 fully saturated rings. The van der Waals surface area contributed by atoms with E-state index in [4.69, 9.17) is 5.11 Å². The van der Waals surface area contributed by atoms with Gasteiger partial charge in [-0.2, -0.15) is 13.2 Å². The van der Waals surface area contributed by atoms with Crippen LogP contribution in [0.25, 0.3) is 5.69 Å². The van der Waals surface area contributed by atoms with Crippen molar-refractivity contribution in [1.29, 1.82) is 0 Å². The second-order valence-corrected chi connectivity index (χ2v) is 4.24. The van der Waals surface area contributed by atoms with Gasteiger partial charge in [0.25, 0.3) is 0 Å². The van der Waals surface area contributed by atoms with Crippen molar-refractivity contribution in [1.82, 2.24) is 15.0 Å². The molecule has 1 N–H and O–H groups in total. The van der Waals surface area contributed by atoms with Crippen LogP contribution < -0.4 is 0 Å². The highest BCUT2D eigenvalue weighted by Crippen LogP contribution is 2.33. The van der Waals surface area contributed by atoms with Crippen molar-refractivity contribution in [2.45, 2.75) is 20.0 Å². The fraction of sp³-hybridized carbons (Fsp3) is 0.250. The SMILES string of the molecule is Cc1ccc(-n2nnc(C(=O)O)c2C)cc1C(F)(F)F. The van der Waals surface area contributed by atoms with Crippen LogP contribution in [0.5, 0.6) is 0 Å². The van der Waals surface area contributed by atoms with Crippen LogP contribution in [0.2, 0.25) is 0 Å². The molecule has 5 nitrogen and oxygen atoms in total. The highest BCUT2D eigenvalue weighted by Gasteiger charge is 2.32. The van der Waals surface area contributed by atoms with Crippen LogP contribution >= 0.6 is 0 Å². The molecule has 106 valence electrons. The van der Waals surface area contributed by atoms with Crippen LogP contribution in [0.3, 0.4) is 0 Å². The van der Waals surface area contributed by atoms with Gasteiger partial charge < -0.3 is 5.11 Å². The third kappa shape index (κ3) is 2.36. The molecule has 1 aromatic carbocycles. The summed E-state index contributed by atoms with van der Waals surface area (Å²) < 4.78 is 39.6. The Balaban J connectivity index is 2.57. The molecule has 0 saturated carbocycles. The molecule has 0 spiro atoms. The number of carboxylic acid groups (broad SMARTS) is 1. The third-order valence-corrected chi connectivity index (χ3v) is 2.87. The number of aryl methyl sites for hydroxylation is 1. The standard InChI is InChI=1S/C12H10F3N3O2/c1-6-3-4-8(5-9(6)12(13,14)15)18-7(2)10(11(19)20)16-17-18/h3-5H,1-2H3,(H,19,20). The number of benzene rings is 1. The van der Waals surface area contributed by atoms with Crippen LogP contribution in [0.4, 0.5) is 13.2 Å². The number of carboxylic acids is 1. The third-order valence-electron chi connectivity index (χ3n) is 2.87. The van der Waals surface area contributed by atoms with Crippen molar-refractivity contribution in [3.05, 3.63) is 40.7 Å². The Morgan fingerprint density at radius 3 is 2.45 bits per heavy atom. The number of halogens is 3. The van der Waals surface area contributed by atoms with Gasteiger partial charge in [0.1, 0.15) is 0 Å². The average Bonchev–Trinajstić information content (AvgIpc) is 2.70. The monoisotopic (exact) mass is 285 g/mol. The molecule has 0 aliphatic heterocycles. The molecule has 2 aromatic rings. The molecule has 0 amide bonds. The molecule has 0 aliphatic rings. The van der Waals surface area contributed by atoms with Gasteiger partial charge in [-0.05, 0) is 31.5 Å². The maximum atomic E-state index is 12.8. The summed E-state index contributed by atoms with van der Waals surface area (Å²) in [5, 5.41) is 15.9. The van der Waals surface area contributed by atoms with E-state index >= 15 is 0 Å². The van der Waals surface area contributed by atoms with E-state index in [-0.39, 0.29) is 22.6 Å². The molecule has 2 rings (SSSR count). The molecule has 20 heavy (non-hydrogen) atoms. The van der Waals surface area contributed by atoms with Gasteiger partial charge in [-0.25, -0.2) is 9.48 Å². The number of alkyl halides is 3. The lowest BCUT2D eigenvalue weighted by atomic mass is 10.1. The Hall–Kier alpha value is -2.38. The Labute approximate surface area is 111 Å². The van der Waals surface area contributed by atoms with Crippen LogP contribution in [0.15, 0.2) is 18.2 Å². The fourth-order valence-corrected chi connectivity index (χ4v) is 1.82. The maximum Gasteiger partial charge on any atom is 0.416 e. The zero-order valence-electron chi connectivity index (χ0n) is 10.6. The van der Waals surface area contributed by atoms with Gasteiger partial charge >= 0.3 is 12.1 Å². The molecule has 0 bridgehead atoms. The van der Waals surface area contributed by atoms with E-state index in [9.17, 15) is 18.0 Å². The van der Waals surface area contributed by atoms with Gasteiger partial charge in [-0.3, -0.25) is 0 Å². The van der Waals surface area contributed by atoms with Crippen molar-refractivity contribution >= 4 is 5.97 Å². The summed E-state index contributed by atoms with van der Waals surface area (Å²) in [4.78, 5) is 10.9. The molecule has 1 aromatic heterocycles. The normalized spacial score (nSPS) is 11.7. The molecule has 8 heteroatoms. The Kier molecular flexibility index (Phi) is 3.24. The minimum atomic E-state index is -4.48. The minimum absolute atomic E-state index is 0.0810. The van der Waals surface area contributed by atoms with Crippen LogP contribution in [0, 0.1) is 13.8 Å². The first-order chi connectivity index (χ1) is 9.21. The first kappa shape index (κ1) is 14.0. The number of aromatic nitrogens is 3. The summed E-state index contributed by atoms with van der Waals surface area (Å²) in [5.74, 6) is -1.28. The second kappa shape index (κ2) is 4.62. The van der Waals surface area contributed by atoms with Gasteiger partial charge in [0.15, 0.2) is 5.69 Å².